The molecular formula is C12H28IN3O3S. The molecule has 8 heteroatoms. The maximum atomic E-state index is 11.3. The van der Waals surface area contributed by atoms with E-state index < -0.39 is 9.84 Å². The number of hydrogen-bond donors (Lipinski definition) is 2. The van der Waals surface area contributed by atoms with Gasteiger partial charge in [-0.15, -0.1) is 24.0 Å². The third kappa shape index (κ3) is 12.9. The van der Waals surface area contributed by atoms with Crippen LogP contribution in [0.5, 0.6) is 0 Å². The Kier molecular flexibility index (Phi) is 15.4. The highest BCUT2D eigenvalue weighted by molar-refractivity contribution is 14.0. The first-order valence-electron chi connectivity index (χ1n) is 6.78. The lowest BCUT2D eigenvalue weighted by Crippen LogP contribution is -2.40. The number of hydrogen-bond acceptors (Lipinski definition) is 4. The van der Waals surface area contributed by atoms with Crippen LogP contribution in [0.3, 0.4) is 0 Å². The largest absolute Gasteiger partial charge is 0.382 e. The molecular weight excluding hydrogens is 393 g/mol. The maximum absolute atomic E-state index is 11.3. The van der Waals surface area contributed by atoms with Crippen molar-refractivity contribution in [2.75, 3.05) is 44.9 Å². The fourth-order valence-corrected chi connectivity index (χ4v) is 2.07. The Morgan fingerprint density at radius 1 is 1.15 bits per heavy atom. The molecule has 0 aromatic heterocycles. The van der Waals surface area contributed by atoms with E-state index in [1.54, 1.807) is 14.0 Å². The molecule has 2 N–H and O–H groups in total. The summed E-state index contributed by atoms with van der Waals surface area (Å²) in [5, 5.41) is 6.13. The summed E-state index contributed by atoms with van der Waals surface area (Å²) in [6.45, 7) is 6.35. The van der Waals surface area contributed by atoms with Gasteiger partial charge in [-0.1, -0.05) is 6.92 Å². The van der Waals surface area contributed by atoms with E-state index in [1.165, 1.54) is 0 Å². The van der Waals surface area contributed by atoms with Crippen LogP contribution in [-0.2, 0) is 14.6 Å². The lowest BCUT2D eigenvalue weighted by molar-refractivity contribution is 0.143. The second-order valence-corrected chi connectivity index (χ2v) is 6.54. The van der Waals surface area contributed by atoms with Gasteiger partial charge in [-0.2, -0.15) is 0 Å². The minimum Gasteiger partial charge on any atom is -0.382 e. The summed E-state index contributed by atoms with van der Waals surface area (Å²) >= 11 is 0. The zero-order chi connectivity index (χ0) is 14.6. The summed E-state index contributed by atoms with van der Waals surface area (Å²) in [6.07, 6.45) is 2.00. The number of nitrogens with one attached hydrogen (secondary N) is 2. The van der Waals surface area contributed by atoms with Crippen LogP contribution in [0.15, 0.2) is 4.99 Å². The molecule has 0 atom stereocenters. The minimum atomic E-state index is -2.92. The molecule has 0 aliphatic rings. The Labute approximate surface area is 140 Å². The molecule has 0 aliphatic heterocycles. The number of ether oxygens (including phenoxy) is 1. The van der Waals surface area contributed by atoms with Crippen molar-refractivity contribution in [1.29, 1.82) is 0 Å². The summed E-state index contributed by atoms with van der Waals surface area (Å²) in [6, 6.07) is 0. The Hall–Kier alpha value is -0.0900. The average Bonchev–Trinajstić information content (AvgIpc) is 2.40. The van der Waals surface area contributed by atoms with E-state index in [-0.39, 0.29) is 35.5 Å². The number of nitrogens with zero attached hydrogens (tertiary/aromatic N) is 1. The van der Waals surface area contributed by atoms with Gasteiger partial charge in [0.25, 0.3) is 0 Å². The summed E-state index contributed by atoms with van der Waals surface area (Å²) < 4.78 is 27.9. The van der Waals surface area contributed by atoms with Crippen molar-refractivity contribution in [3.63, 3.8) is 0 Å². The Bertz CT molecular complexity index is 348. The Balaban J connectivity index is 0. The van der Waals surface area contributed by atoms with Crippen molar-refractivity contribution in [1.82, 2.24) is 10.6 Å². The van der Waals surface area contributed by atoms with Gasteiger partial charge in [0.1, 0.15) is 0 Å². The summed E-state index contributed by atoms with van der Waals surface area (Å²) in [7, 11) is -1.25. The van der Waals surface area contributed by atoms with Gasteiger partial charge < -0.3 is 15.4 Å². The molecule has 0 amide bonds. The fraction of sp³-hybridized carbons (Fsp3) is 0.917. The molecule has 0 radical (unpaired) electrons. The van der Waals surface area contributed by atoms with Crippen LogP contribution in [-0.4, -0.2) is 59.2 Å². The van der Waals surface area contributed by atoms with Crippen molar-refractivity contribution in [3.05, 3.63) is 0 Å². The number of unbranched alkanes of at least 4 members (excludes halogenated alkanes) is 1. The lowest BCUT2D eigenvalue weighted by atomic mass is 10.3. The van der Waals surface area contributed by atoms with Gasteiger partial charge >= 0.3 is 0 Å². The van der Waals surface area contributed by atoms with Crippen molar-refractivity contribution >= 4 is 39.8 Å². The molecule has 0 saturated heterocycles. The molecule has 0 fully saturated rings. The molecule has 0 aliphatic carbocycles. The van der Waals surface area contributed by atoms with Crippen LogP contribution in [0.1, 0.15) is 26.7 Å². The van der Waals surface area contributed by atoms with E-state index in [4.69, 9.17) is 4.74 Å². The van der Waals surface area contributed by atoms with E-state index in [0.29, 0.717) is 12.5 Å². The predicted molar refractivity (Wildman–Crippen MR) is 94.8 cm³/mol. The maximum Gasteiger partial charge on any atom is 0.191 e. The first-order chi connectivity index (χ1) is 9.05. The second kappa shape index (κ2) is 13.9. The molecule has 0 spiro atoms. The number of halogens is 1. The number of rotatable bonds is 10. The third-order valence-electron chi connectivity index (χ3n) is 2.58. The Morgan fingerprint density at radius 2 is 1.80 bits per heavy atom. The van der Waals surface area contributed by atoms with E-state index in [2.05, 4.69) is 15.6 Å². The minimum absolute atomic E-state index is 0. The summed E-state index contributed by atoms with van der Waals surface area (Å²) in [4.78, 5) is 4.04. The number of guanidine groups is 1. The SMILES string of the molecule is CCOCCCCNC(=NC)NCCS(=O)(=O)CC.I. The molecule has 6 nitrogen and oxygen atoms in total. The molecule has 0 rings (SSSR count). The van der Waals surface area contributed by atoms with Gasteiger partial charge in [0, 0.05) is 39.1 Å². The standard InChI is InChI=1S/C12H27N3O3S.HI/c1-4-18-10-7-6-8-14-12(13-3)15-9-11-19(16,17)5-2;/h4-11H2,1-3H3,(H2,13,14,15);1H. The molecule has 0 saturated carbocycles. The average molecular weight is 421 g/mol. The van der Waals surface area contributed by atoms with E-state index in [9.17, 15) is 8.42 Å². The highest BCUT2D eigenvalue weighted by Gasteiger charge is 2.06. The predicted octanol–water partition coefficient (Wildman–Crippen LogP) is 1.02. The quantitative estimate of drug-likeness (QED) is 0.238. The fourth-order valence-electron chi connectivity index (χ4n) is 1.37. The molecule has 0 aromatic carbocycles. The van der Waals surface area contributed by atoms with Gasteiger partial charge in [-0.3, -0.25) is 4.99 Å². The Morgan fingerprint density at radius 3 is 2.35 bits per heavy atom. The van der Waals surface area contributed by atoms with Gasteiger partial charge in [0.2, 0.25) is 0 Å². The summed E-state index contributed by atoms with van der Waals surface area (Å²) in [5.74, 6) is 0.954. The zero-order valence-corrected chi connectivity index (χ0v) is 15.8. The topological polar surface area (TPSA) is 79.8 Å². The smallest absolute Gasteiger partial charge is 0.191 e. The highest BCUT2D eigenvalue weighted by atomic mass is 127. The summed E-state index contributed by atoms with van der Waals surface area (Å²) in [5.41, 5.74) is 0. The van der Waals surface area contributed by atoms with E-state index >= 15 is 0 Å². The van der Waals surface area contributed by atoms with Crippen LogP contribution >= 0.6 is 24.0 Å². The van der Waals surface area contributed by atoms with Crippen molar-refractivity contribution < 1.29 is 13.2 Å². The third-order valence-corrected chi connectivity index (χ3v) is 4.29. The number of sulfone groups is 1. The van der Waals surface area contributed by atoms with Crippen molar-refractivity contribution in [3.8, 4) is 0 Å². The van der Waals surface area contributed by atoms with Crippen LogP contribution in [0.25, 0.3) is 0 Å². The molecule has 0 heterocycles. The first kappa shape index (κ1) is 22.2. The van der Waals surface area contributed by atoms with E-state index in [0.717, 1.165) is 32.6 Å². The van der Waals surface area contributed by atoms with Crippen LogP contribution in [0.2, 0.25) is 0 Å². The monoisotopic (exact) mass is 421 g/mol. The molecule has 0 bridgehead atoms. The van der Waals surface area contributed by atoms with Crippen LogP contribution < -0.4 is 10.6 Å². The molecule has 0 unspecified atom stereocenters. The molecule has 20 heavy (non-hydrogen) atoms. The van der Waals surface area contributed by atoms with Gasteiger partial charge in [-0.25, -0.2) is 8.42 Å². The lowest BCUT2D eigenvalue weighted by Gasteiger charge is -2.11. The van der Waals surface area contributed by atoms with Gasteiger partial charge in [-0.05, 0) is 19.8 Å². The van der Waals surface area contributed by atoms with Crippen molar-refractivity contribution in [2.24, 2.45) is 4.99 Å². The normalized spacial score (nSPS) is 11.8. The first-order valence-corrected chi connectivity index (χ1v) is 8.60. The second-order valence-electron chi connectivity index (χ2n) is 4.07. The molecule has 122 valence electrons. The zero-order valence-electron chi connectivity index (χ0n) is 12.6. The van der Waals surface area contributed by atoms with Gasteiger partial charge in [0.05, 0.1) is 5.75 Å². The van der Waals surface area contributed by atoms with Crippen LogP contribution in [0.4, 0.5) is 0 Å². The van der Waals surface area contributed by atoms with Gasteiger partial charge in [0.15, 0.2) is 15.8 Å². The van der Waals surface area contributed by atoms with Crippen molar-refractivity contribution in [2.45, 2.75) is 26.7 Å². The molecule has 0 aromatic rings. The van der Waals surface area contributed by atoms with E-state index in [1.807, 2.05) is 6.92 Å². The highest BCUT2D eigenvalue weighted by Crippen LogP contribution is 1.89. The van der Waals surface area contributed by atoms with Crippen LogP contribution in [0, 0.1) is 0 Å². The number of aliphatic imine (C=N–C) groups is 1.